The number of carbonyl (C=O) groups is 3. The van der Waals surface area contributed by atoms with Gasteiger partial charge in [-0.05, 0) is 41.0 Å². The van der Waals surface area contributed by atoms with Crippen LogP contribution >= 0.6 is 11.6 Å². The number of nitrogens with one attached hydrogen (secondary N) is 1. The number of rotatable bonds is 8. The standard InChI is InChI=1S/C17H26ClN3O6/c1-6-25-14(22)12-11(18)13(15(23)26-7-2)21(20-12)10-8-9-19-16(24)27-17(3,4)5/h6-10H2,1-5H3,(H,19,24). The van der Waals surface area contributed by atoms with Crippen LogP contribution in [0.4, 0.5) is 4.79 Å². The number of aromatic nitrogens is 2. The Hall–Kier alpha value is -2.29. The molecule has 0 aromatic carbocycles. The topological polar surface area (TPSA) is 109 Å². The number of hydrogen-bond donors (Lipinski definition) is 1. The Bertz CT molecular complexity index is 681. The summed E-state index contributed by atoms with van der Waals surface area (Å²) < 4.78 is 16.3. The average molecular weight is 404 g/mol. The number of carbonyl (C=O) groups excluding carboxylic acids is 3. The molecule has 0 aliphatic heterocycles. The fraction of sp³-hybridized carbons (Fsp3) is 0.647. The van der Waals surface area contributed by atoms with E-state index in [2.05, 4.69) is 10.4 Å². The summed E-state index contributed by atoms with van der Waals surface area (Å²) in [4.78, 5) is 35.8. The molecule has 1 heterocycles. The molecule has 152 valence electrons. The highest BCUT2D eigenvalue weighted by Gasteiger charge is 2.27. The smallest absolute Gasteiger partial charge is 0.407 e. The van der Waals surface area contributed by atoms with Crippen LogP contribution in [-0.4, -0.2) is 53.2 Å². The predicted molar refractivity (Wildman–Crippen MR) is 98.0 cm³/mol. The summed E-state index contributed by atoms with van der Waals surface area (Å²) in [6.07, 6.45) is -0.120. The van der Waals surface area contributed by atoms with Crippen LogP contribution in [0.5, 0.6) is 0 Å². The van der Waals surface area contributed by atoms with Gasteiger partial charge in [0.15, 0.2) is 11.4 Å². The van der Waals surface area contributed by atoms with E-state index in [1.54, 1.807) is 34.6 Å². The van der Waals surface area contributed by atoms with Crippen molar-refractivity contribution >= 4 is 29.6 Å². The van der Waals surface area contributed by atoms with Crippen molar-refractivity contribution in [2.75, 3.05) is 19.8 Å². The first-order valence-electron chi connectivity index (χ1n) is 8.68. The number of esters is 2. The molecule has 10 heteroatoms. The molecule has 0 unspecified atom stereocenters. The lowest BCUT2D eigenvalue weighted by Crippen LogP contribution is -2.33. The molecule has 0 aliphatic carbocycles. The zero-order valence-corrected chi connectivity index (χ0v) is 17.0. The van der Waals surface area contributed by atoms with Crippen LogP contribution in [0.25, 0.3) is 0 Å². The summed E-state index contributed by atoms with van der Waals surface area (Å²) in [5, 5.41) is 6.56. The Balaban J connectivity index is 2.83. The van der Waals surface area contributed by atoms with Crippen molar-refractivity contribution < 1.29 is 28.6 Å². The summed E-state index contributed by atoms with van der Waals surface area (Å²) >= 11 is 6.15. The highest BCUT2D eigenvalue weighted by atomic mass is 35.5. The Kier molecular flexibility index (Phi) is 8.55. The summed E-state index contributed by atoms with van der Waals surface area (Å²) in [5.41, 5.74) is -0.772. The maximum Gasteiger partial charge on any atom is 0.407 e. The minimum Gasteiger partial charge on any atom is -0.461 e. The lowest BCUT2D eigenvalue weighted by Gasteiger charge is -2.19. The summed E-state index contributed by atoms with van der Waals surface area (Å²) in [6, 6.07) is 0. The molecule has 0 bridgehead atoms. The lowest BCUT2D eigenvalue weighted by molar-refractivity contribution is 0.0500. The molecule has 1 N–H and O–H groups in total. The molecule has 1 aromatic rings. The number of aryl methyl sites for hydroxylation is 1. The SMILES string of the molecule is CCOC(=O)c1nn(CCCNC(=O)OC(C)(C)C)c(C(=O)OCC)c1Cl. The second-order valence-corrected chi connectivity index (χ2v) is 6.84. The molecule has 0 radical (unpaired) electrons. The molecular formula is C17H26ClN3O6. The average Bonchev–Trinajstić information content (AvgIpc) is 2.87. The van der Waals surface area contributed by atoms with Crippen LogP contribution in [0.3, 0.4) is 0 Å². The van der Waals surface area contributed by atoms with Crippen molar-refractivity contribution in [3.05, 3.63) is 16.4 Å². The zero-order chi connectivity index (χ0) is 20.6. The van der Waals surface area contributed by atoms with Gasteiger partial charge in [0.1, 0.15) is 10.6 Å². The number of hydrogen-bond acceptors (Lipinski definition) is 7. The molecule has 1 amide bonds. The van der Waals surface area contributed by atoms with Gasteiger partial charge in [-0.2, -0.15) is 5.10 Å². The first kappa shape index (κ1) is 22.8. The number of ether oxygens (including phenoxy) is 3. The van der Waals surface area contributed by atoms with E-state index in [-0.39, 0.29) is 42.7 Å². The largest absolute Gasteiger partial charge is 0.461 e. The van der Waals surface area contributed by atoms with Crippen LogP contribution in [0, 0.1) is 0 Å². The van der Waals surface area contributed by atoms with Crippen molar-refractivity contribution in [2.24, 2.45) is 0 Å². The molecule has 0 spiro atoms. The minimum absolute atomic E-state index is 0.0289. The molecule has 1 rings (SSSR count). The van der Waals surface area contributed by atoms with Gasteiger partial charge in [0.2, 0.25) is 0 Å². The van der Waals surface area contributed by atoms with Crippen LogP contribution in [0.1, 0.15) is 62.0 Å². The van der Waals surface area contributed by atoms with Gasteiger partial charge in [-0.15, -0.1) is 0 Å². The van der Waals surface area contributed by atoms with E-state index >= 15 is 0 Å². The molecule has 0 saturated carbocycles. The normalized spacial score (nSPS) is 11.0. The maximum absolute atomic E-state index is 12.2. The highest BCUT2D eigenvalue weighted by molar-refractivity contribution is 6.36. The van der Waals surface area contributed by atoms with Gasteiger partial charge in [0, 0.05) is 13.1 Å². The lowest BCUT2D eigenvalue weighted by atomic mass is 10.2. The van der Waals surface area contributed by atoms with Gasteiger partial charge < -0.3 is 19.5 Å². The van der Waals surface area contributed by atoms with Gasteiger partial charge in [0.05, 0.1) is 13.2 Å². The number of amides is 1. The quantitative estimate of drug-likeness (QED) is 0.403. The zero-order valence-electron chi connectivity index (χ0n) is 16.3. The van der Waals surface area contributed by atoms with Crippen molar-refractivity contribution in [1.29, 1.82) is 0 Å². The first-order chi connectivity index (χ1) is 12.6. The van der Waals surface area contributed by atoms with Crippen molar-refractivity contribution in [3.63, 3.8) is 0 Å². The number of nitrogens with zero attached hydrogens (tertiary/aromatic N) is 2. The molecule has 0 aliphatic rings. The first-order valence-corrected chi connectivity index (χ1v) is 9.05. The van der Waals surface area contributed by atoms with Gasteiger partial charge in [-0.25, -0.2) is 14.4 Å². The summed E-state index contributed by atoms with van der Waals surface area (Å²) in [7, 11) is 0. The van der Waals surface area contributed by atoms with Crippen molar-refractivity contribution in [2.45, 2.75) is 53.2 Å². The van der Waals surface area contributed by atoms with Gasteiger partial charge in [-0.3, -0.25) is 4.68 Å². The molecule has 9 nitrogen and oxygen atoms in total. The van der Waals surface area contributed by atoms with Crippen LogP contribution < -0.4 is 5.32 Å². The highest BCUT2D eigenvalue weighted by Crippen LogP contribution is 2.23. The third-order valence-corrected chi connectivity index (χ3v) is 3.41. The Labute approximate surface area is 163 Å². The van der Waals surface area contributed by atoms with Crippen LogP contribution in [0.2, 0.25) is 5.02 Å². The number of alkyl carbamates (subject to hydrolysis) is 1. The monoisotopic (exact) mass is 403 g/mol. The van der Waals surface area contributed by atoms with Gasteiger partial charge >= 0.3 is 18.0 Å². The van der Waals surface area contributed by atoms with E-state index in [1.165, 1.54) is 4.68 Å². The van der Waals surface area contributed by atoms with Gasteiger partial charge in [-0.1, -0.05) is 11.6 Å². The second-order valence-electron chi connectivity index (χ2n) is 6.46. The van der Waals surface area contributed by atoms with E-state index in [0.29, 0.717) is 6.42 Å². The summed E-state index contributed by atoms with van der Waals surface area (Å²) in [5.74, 6) is -1.41. The minimum atomic E-state index is -0.723. The van der Waals surface area contributed by atoms with Crippen LogP contribution in [0.15, 0.2) is 0 Å². The van der Waals surface area contributed by atoms with E-state index in [9.17, 15) is 14.4 Å². The van der Waals surface area contributed by atoms with E-state index in [4.69, 9.17) is 25.8 Å². The molecule has 1 aromatic heterocycles. The molecule has 0 fully saturated rings. The van der Waals surface area contributed by atoms with Crippen LogP contribution in [-0.2, 0) is 20.8 Å². The van der Waals surface area contributed by atoms with E-state index in [0.717, 1.165) is 0 Å². The second kappa shape index (κ2) is 10.1. The Morgan fingerprint density at radius 2 is 1.70 bits per heavy atom. The maximum atomic E-state index is 12.2. The van der Waals surface area contributed by atoms with E-state index in [1.807, 2.05) is 0 Å². The fourth-order valence-corrected chi connectivity index (χ4v) is 2.35. The third-order valence-electron chi connectivity index (χ3n) is 3.05. The van der Waals surface area contributed by atoms with Crippen molar-refractivity contribution in [1.82, 2.24) is 15.1 Å². The predicted octanol–water partition coefficient (Wildman–Crippen LogP) is 2.80. The molecular weight excluding hydrogens is 378 g/mol. The third kappa shape index (κ3) is 7.09. The van der Waals surface area contributed by atoms with Gasteiger partial charge in [0.25, 0.3) is 0 Å². The fourth-order valence-electron chi connectivity index (χ4n) is 2.06. The Morgan fingerprint density at radius 3 is 2.26 bits per heavy atom. The molecule has 27 heavy (non-hydrogen) atoms. The number of halogens is 1. The van der Waals surface area contributed by atoms with E-state index < -0.39 is 23.6 Å². The summed E-state index contributed by atoms with van der Waals surface area (Å²) in [6.45, 7) is 9.40. The Morgan fingerprint density at radius 1 is 1.11 bits per heavy atom. The molecule has 0 saturated heterocycles. The van der Waals surface area contributed by atoms with Crippen molar-refractivity contribution in [3.8, 4) is 0 Å². The molecule has 0 atom stereocenters.